The van der Waals surface area contributed by atoms with Crippen LogP contribution >= 0.6 is 23.2 Å². The zero-order chi connectivity index (χ0) is 21.2. The molecule has 3 N–H and O–H groups in total. The number of aromatic hydroxyl groups is 1. The minimum absolute atomic E-state index is 0.0437. The number of hydrogen-bond donors (Lipinski definition) is 3. The number of rotatable bonds is 5. The van der Waals surface area contributed by atoms with Crippen molar-refractivity contribution in [2.24, 2.45) is 0 Å². The zero-order valence-corrected chi connectivity index (χ0v) is 16.8. The number of benzene rings is 3. The number of halogens is 3. The van der Waals surface area contributed by atoms with E-state index in [1.807, 2.05) is 0 Å². The highest BCUT2D eigenvalue weighted by molar-refractivity contribution is 7.92. The van der Waals surface area contributed by atoms with Crippen LogP contribution in [0.5, 0.6) is 5.75 Å². The Bertz CT molecular complexity index is 1200. The minimum Gasteiger partial charge on any atom is -0.506 e. The van der Waals surface area contributed by atoms with Gasteiger partial charge in [0.1, 0.15) is 11.6 Å². The Labute approximate surface area is 175 Å². The van der Waals surface area contributed by atoms with Crippen LogP contribution in [0.15, 0.2) is 65.6 Å². The summed E-state index contributed by atoms with van der Waals surface area (Å²) in [5.74, 6) is -1.73. The van der Waals surface area contributed by atoms with Crippen molar-refractivity contribution in [3.63, 3.8) is 0 Å². The number of phenols is 1. The van der Waals surface area contributed by atoms with Crippen molar-refractivity contribution < 1.29 is 22.7 Å². The van der Waals surface area contributed by atoms with E-state index in [1.165, 1.54) is 24.3 Å². The van der Waals surface area contributed by atoms with Crippen molar-refractivity contribution in [1.82, 2.24) is 0 Å². The fraction of sp³-hybridized carbons (Fsp3) is 0. The van der Waals surface area contributed by atoms with Crippen molar-refractivity contribution in [3.05, 3.63) is 82.1 Å². The highest BCUT2D eigenvalue weighted by Crippen LogP contribution is 2.29. The molecular weight excluding hydrogens is 442 g/mol. The van der Waals surface area contributed by atoms with Crippen LogP contribution in [0.3, 0.4) is 0 Å². The van der Waals surface area contributed by atoms with Gasteiger partial charge >= 0.3 is 0 Å². The lowest BCUT2D eigenvalue weighted by molar-refractivity contribution is 0.102. The molecule has 0 heterocycles. The van der Waals surface area contributed by atoms with Crippen LogP contribution in [0.2, 0.25) is 10.0 Å². The molecule has 29 heavy (non-hydrogen) atoms. The van der Waals surface area contributed by atoms with E-state index in [0.717, 1.165) is 24.3 Å². The normalized spacial score (nSPS) is 11.1. The second-order valence-corrected chi connectivity index (χ2v) is 8.40. The van der Waals surface area contributed by atoms with Crippen LogP contribution < -0.4 is 10.0 Å². The highest BCUT2D eigenvalue weighted by Gasteiger charge is 2.19. The Hall–Kier alpha value is -2.81. The molecule has 1 amide bonds. The predicted octanol–water partition coefficient (Wildman–Crippen LogP) is 4.89. The fourth-order valence-electron chi connectivity index (χ4n) is 2.41. The fourth-order valence-corrected chi connectivity index (χ4v) is 3.93. The molecule has 0 aliphatic heterocycles. The van der Waals surface area contributed by atoms with E-state index in [0.29, 0.717) is 5.02 Å². The minimum atomic E-state index is -4.03. The summed E-state index contributed by atoms with van der Waals surface area (Å²) in [5.41, 5.74) is 0.0383. The maximum absolute atomic E-state index is 13.2. The quantitative estimate of drug-likeness (QED) is 0.478. The van der Waals surface area contributed by atoms with E-state index in [-0.39, 0.29) is 32.6 Å². The largest absolute Gasteiger partial charge is 0.506 e. The number of nitrogens with one attached hydrogen (secondary N) is 2. The van der Waals surface area contributed by atoms with Gasteiger partial charge in [0.2, 0.25) is 0 Å². The first kappa shape index (κ1) is 20.9. The van der Waals surface area contributed by atoms with Crippen LogP contribution in [-0.2, 0) is 10.0 Å². The summed E-state index contributed by atoms with van der Waals surface area (Å²) in [5, 5.41) is 12.6. The van der Waals surface area contributed by atoms with Crippen molar-refractivity contribution in [1.29, 1.82) is 0 Å². The third kappa shape index (κ3) is 4.97. The topological polar surface area (TPSA) is 95.5 Å². The highest BCUT2D eigenvalue weighted by atomic mass is 35.5. The molecule has 3 rings (SSSR count). The van der Waals surface area contributed by atoms with Gasteiger partial charge in [-0.25, -0.2) is 12.8 Å². The molecule has 0 atom stereocenters. The smallest absolute Gasteiger partial charge is 0.261 e. The number of carbonyl (C=O) groups excluding carboxylic acids is 1. The van der Waals surface area contributed by atoms with Crippen LogP contribution in [0, 0.1) is 5.82 Å². The van der Waals surface area contributed by atoms with Gasteiger partial charge in [-0.05, 0) is 54.6 Å². The first-order chi connectivity index (χ1) is 13.7. The van der Waals surface area contributed by atoms with Gasteiger partial charge in [0.05, 0.1) is 26.9 Å². The molecule has 10 heteroatoms. The van der Waals surface area contributed by atoms with Crippen LogP contribution in [0.4, 0.5) is 15.8 Å². The standard InChI is InChI=1S/C19H13Cl2FN2O4S/c20-11-2-1-3-13(8-11)24-29(27,28)14-5-7-18(25)17(10-14)23-19(26)15-6-4-12(22)9-16(15)21/h1-10,24-25H,(H,23,26). The predicted molar refractivity (Wildman–Crippen MR) is 110 cm³/mol. The Morgan fingerprint density at radius 3 is 2.45 bits per heavy atom. The van der Waals surface area contributed by atoms with E-state index in [4.69, 9.17) is 23.2 Å². The van der Waals surface area contributed by atoms with E-state index < -0.39 is 21.7 Å². The van der Waals surface area contributed by atoms with Gasteiger partial charge in [-0.1, -0.05) is 29.3 Å². The molecule has 0 spiro atoms. The lowest BCUT2D eigenvalue weighted by Gasteiger charge is -2.12. The van der Waals surface area contributed by atoms with Gasteiger partial charge in [-0.2, -0.15) is 0 Å². The summed E-state index contributed by atoms with van der Waals surface area (Å²) < 4.78 is 40.7. The van der Waals surface area contributed by atoms with Crippen molar-refractivity contribution in [2.75, 3.05) is 10.0 Å². The third-order valence-electron chi connectivity index (χ3n) is 3.78. The van der Waals surface area contributed by atoms with Crippen molar-refractivity contribution in [3.8, 4) is 5.75 Å². The Morgan fingerprint density at radius 2 is 1.76 bits per heavy atom. The Morgan fingerprint density at radius 1 is 1.00 bits per heavy atom. The average Bonchev–Trinajstić information content (AvgIpc) is 2.63. The molecule has 0 aromatic heterocycles. The number of amides is 1. The molecule has 0 saturated heterocycles. The number of carbonyl (C=O) groups is 1. The van der Waals surface area contributed by atoms with Gasteiger partial charge in [0.15, 0.2) is 0 Å². The maximum Gasteiger partial charge on any atom is 0.261 e. The van der Waals surface area contributed by atoms with Crippen molar-refractivity contribution in [2.45, 2.75) is 4.90 Å². The Kier molecular flexibility index (Phi) is 5.97. The molecule has 0 bridgehead atoms. The van der Waals surface area contributed by atoms with Crippen LogP contribution in [0.1, 0.15) is 10.4 Å². The van der Waals surface area contributed by atoms with Gasteiger partial charge in [0, 0.05) is 5.02 Å². The summed E-state index contributed by atoms with van der Waals surface area (Å²) in [4.78, 5) is 12.2. The maximum atomic E-state index is 13.2. The summed E-state index contributed by atoms with van der Waals surface area (Å²) in [6.07, 6.45) is 0. The molecule has 0 aliphatic rings. The van der Waals surface area contributed by atoms with Crippen LogP contribution in [-0.4, -0.2) is 19.4 Å². The second-order valence-electron chi connectivity index (χ2n) is 5.87. The van der Waals surface area contributed by atoms with Gasteiger partial charge in [-0.3, -0.25) is 9.52 Å². The molecule has 6 nitrogen and oxygen atoms in total. The Balaban J connectivity index is 1.88. The molecule has 0 unspecified atom stereocenters. The lowest BCUT2D eigenvalue weighted by Crippen LogP contribution is -2.15. The molecule has 3 aromatic rings. The third-order valence-corrected chi connectivity index (χ3v) is 5.71. The number of anilines is 2. The number of sulfonamides is 1. The van der Waals surface area contributed by atoms with Crippen molar-refractivity contribution >= 4 is 50.5 Å². The molecule has 3 aromatic carbocycles. The summed E-state index contributed by atoms with van der Waals surface area (Å²) >= 11 is 11.7. The first-order valence-electron chi connectivity index (χ1n) is 8.03. The molecule has 150 valence electrons. The number of hydrogen-bond acceptors (Lipinski definition) is 4. The van der Waals surface area contributed by atoms with E-state index in [2.05, 4.69) is 10.0 Å². The van der Waals surface area contributed by atoms with E-state index in [1.54, 1.807) is 12.1 Å². The van der Waals surface area contributed by atoms with Gasteiger partial charge in [0.25, 0.3) is 15.9 Å². The van der Waals surface area contributed by atoms with Gasteiger partial charge in [-0.15, -0.1) is 0 Å². The number of phenolic OH excluding ortho intramolecular Hbond substituents is 1. The van der Waals surface area contributed by atoms with Crippen LogP contribution in [0.25, 0.3) is 0 Å². The molecule has 0 radical (unpaired) electrons. The molecular formula is C19H13Cl2FN2O4S. The SMILES string of the molecule is O=C(Nc1cc(S(=O)(=O)Nc2cccc(Cl)c2)ccc1O)c1ccc(F)cc1Cl. The van der Waals surface area contributed by atoms with E-state index >= 15 is 0 Å². The molecule has 0 fully saturated rings. The first-order valence-corrected chi connectivity index (χ1v) is 10.3. The summed E-state index contributed by atoms with van der Waals surface area (Å²) in [7, 11) is -4.03. The van der Waals surface area contributed by atoms with Gasteiger partial charge < -0.3 is 10.4 Å². The van der Waals surface area contributed by atoms with E-state index in [9.17, 15) is 22.7 Å². The second kappa shape index (κ2) is 8.28. The lowest BCUT2D eigenvalue weighted by atomic mass is 10.2. The zero-order valence-electron chi connectivity index (χ0n) is 14.5. The average molecular weight is 455 g/mol. The monoisotopic (exact) mass is 454 g/mol. The summed E-state index contributed by atoms with van der Waals surface area (Å²) in [6.45, 7) is 0. The molecule has 0 saturated carbocycles. The molecule has 0 aliphatic carbocycles. The summed E-state index contributed by atoms with van der Waals surface area (Å²) in [6, 6.07) is 12.7.